The molecule has 0 saturated carbocycles. The topological polar surface area (TPSA) is 88.2 Å². The molecule has 2 aromatic carbocycles. The van der Waals surface area contributed by atoms with E-state index in [9.17, 15) is 14.4 Å². The van der Waals surface area contributed by atoms with Crippen LogP contribution in [0.1, 0.15) is 12.5 Å². The summed E-state index contributed by atoms with van der Waals surface area (Å²) in [7, 11) is 0. The van der Waals surface area contributed by atoms with E-state index in [-0.39, 0.29) is 11.4 Å². The molecule has 172 valence electrons. The second-order valence-electron chi connectivity index (χ2n) is 7.43. The van der Waals surface area contributed by atoms with E-state index in [0.717, 1.165) is 46.8 Å². The second kappa shape index (κ2) is 10.5. The molecule has 2 heterocycles. The van der Waals surface area contributed by atoms with Gasteiger partial charge in [0, 0.05) is 13.1 Å². The van der Waals surface area contributed by atoms with Crippen LogP contribution in [0.5, 0.6) is 5.75 Å². The molecule has 8 nitrogen and oxygen atoms in total. The SMILES string of the molecule is CCOc1ccc(/C=C2/SC(=O)N(CC(=O)Nc3ccccc3N3CCOCC3)C2=O)cc1. The third kappa shape index (κ3) is 5.55. The maximum atomic E-state index is 12.8. The monoisotopic (exact) mass is 467 g/mol. The number of imide groups is 1. The molecule has 2 fully saturated rings. The molecule has 33 heavy (non-hydrogen) atoms. The first-order valence-corrected chi connectivity index (χ1v) is 11.6. The van der Waals surface area contributed by atoms with Gasteiger partial charge in [0.25, 0.3) is 11.1 Å². The maximum absolute atomic E-state index is 12.8. The van der Waals surface area contributed by atoms with Crippen LogP contribution in [0.2, 0.25) is 0 Å². The number of benzene rings is 2. The molecule has 0 aromatic heterocycles. The highest BCUT2D eigenvalue weighted by molar-refractivity contribution is 8.18. The van der Waals surface area contributed by atoms with Gasteiger partial charge in [-0.3, -0.25) is 19.3 Å². The molecular weight excluding hydrogens is 442 g/mol. The molecule has 0 bridgehead atoms. The number of nitrogens with zero attached hydrogens (tertiary/aromatic N) is 2. The predicted octanol–water partition coefficient (Wildman–Crippen LogP) is 3.60. The van der Waals surface area contributed by atoms with Gasteiger partial charge in [0.15, 0.2) is 0 Å². The molecule has 0 aliphatic carbocycles. The Labute approximate surface area is 196 Å². The molecule has 3 amide bonds. The summed E-state index contributed by atoms with van der Waals surface area (Å²) in [6.45, 7) is 4.83. The molecular formula is C24H25N3O5S. The van der Waals surface area contributed by atoms with E-state index < -0.39 is 17.1 Å². The first kappa shape index (κ1) is 22.9. The molecule has 9 heteroatoms. The molecule has 2 saturated heterocycles. The molecule has 2 aliphatic heterocycles. The quantitative estimate of drug-likeness (QED) is 0.623. The van der Waals surface area contributed by atoms with Crippen LogP contribution in [0, 0.1) is 0 Å². The zero-order chi connectivity index (χ0) is 23.2. The number of thioether (sulfide) groups is 1. The van der Waals surface area contributed by atoms with Crippen LogP contribution in [0.15, 0.2) is 53.4 Å². The van der Waals surface area contributed by atoms with Crippen LogP contribution in [0.4, 0.5) is 16.2 Å². The number of anilines is 2. The Hall–Kier alpha value is -3.30. The van der Waals surface area contributed by atoms with Crippen molar-refractivity contribution in [1.82, 2.24) is 4.90 Å². The van der Waals surface area contributed by atoms with Gasteiger partial charge in [0.05, 0.1) is 36.1 Å². The number of ether oxygens (including phenoxy) is 2. The number of morpholine rings is 1. The summed E-state index contributed by atoms with van der Waals surface area (Å²) in [5.41, 5.74) is 2.30. The van der Waals surface area contributed by atoms with Gasteiger partial charge in [-0.15, -0.1) is 0 Å². The highest BCUT2D eigenvalue weighted by Gasteiger charge is 2.36. The zero-order valence-corrected chi connectivity index (χ0v) is 19.1. The number of rotatable bonds is 7. The van der Waals surface area contributed by atoms with Crippen LogP contribution in [-0.4, -0.2) is 61.4 Å². The summed E-state index contributed by atoms with van der Waals surface area (Å²) in [5, 5.41) is 2.38. The average molecular weight is 468 g/mol. The van der Waals surface area contributed by atoms with Gasteiger partial charge < -0.3 is 19.7 Å². The summed E-state index contributed by atoms with van der Waals surface area (Å²) in [6.07, 6.45) is 1.65. The summed E-state index contributed by atoms with van der Waals surface area (Å²) in [5.74, 6) is -0.174. The molecule has 0 radical (unpaired) electrons. The van der Waals surface area contributed by atoms with Gasteiger partial charge in [-0.05, 0) is 54.6 Å². The largest absolute Gasteiger partial charge is 0.494 e. The minimum atomic E-state index is -0.476. The van der Waals surface area contributed by atoms with Crippen LogP contribution >= 0.6 is 11.8 Å². The first-order chi connectivity index (χ1) is 16.0. The van der Waals surface area contributed by atoms with Gasteiger partial charge in [-0.1, -0.05) is 24.3 Å². The Morgan fingerprint density at radius 1 is 1.12 bits per heavy atom. The van der Waals surface area contributed by atoms with Crippen molar-refractivity contribution >= 4 is 46.3 Å². The van der Waals surface area contributed by atoms with E-state index in [1.165, 1.54) is 0 Å². The molecule has 1 N–H and O–H groups in total. The lowest BCUT2D eigenvalue weighted by molar-refractivity contribution is -0.127. The number of hydrogen-bond acceptors (Lipinski definition) is 7. The maximum Gasteiger partial charge on any atom is 0.294 e. The minimum Gasteiger partial charge on any atom is -0.494 e. The van der Waals surface area contributed by atoms with Crippen molar-refractivity contribution in [1.29, 1.82) is 0 Å². The highest BCUT2D eigenvalue weighted by Crippen LogP contribution is 2.33. The number of hydrogen-bond donors (Lipinski definition) is 1. The Kier molecular flexibility index (Phi) is 7.31. The second-order valence-corrected chi connectivity index (χ2v) is 8.43. The standard InChI is InChI=1S/C24H25N3O5S/c1-2-32-18-9-7-17(8-10-18)15-21-23(29)27(24(30)33-21)16-22(28)25-19-5-3-4-6-20(19)26-11-13-31-14-12-26/h3-10,15H,2,11-14,16H2,1H3,(H,25,28)/b21-15+. The fraction of sp³-hybridized carbons (Fsp3) is 0.292. The third-order valence-corrected chi connectivity index (χ3v) is 6.10. The van der Waals surface area contributed by atoms with Gasteiger partial charge in [0.1, 0.15) is 12.3 Å². The van der Waals surface area contributed by atoms with Gasteiger partial charge in [-0.25, -0.2) is 0 Å². The fourth-order valence-electron chi connectivity index (χ4n) is 3.61. The average Bonchev–Trinajstić information content (AvgIpc) is 3.08. The van der Waals surface area contributed by atoms with E-state index in [1.54, 1.807) is 18.2 Å². The Balaban J connectivity index is 1.41. The molecule has 2 aromatic rings. The van der Waals surface area contributed by atoms with Crippen molar-refractivity contribution in [2.45, 2.75) is 6.92 Å². The van der Waals surface area contributed by atoms with E-state index in [4.69, 9.17) is 9.47 Å². The van der Waals surface area contributed by atoms with Crippen molar-refractivity contribution in [3.05, 3.63) is 59.0 Å². The third-order valence-electron chi connectivity index (χ3n) is 5.19. The lowest BCUT2D eigenvalue weighted by Gasteiger charge is -2.30. The van der Waals surface area contributed by atoms with E-state index in [1.807, 2.05) is 43.3 Å². The molecule has 0 atom stereocenters. The normalized spacial score (nSPS) is 17.5. The highest BCUT2D eigenvalue weighted by atomic mass is 32.2. The van der Waals surface area contributed by atoms with Gasteiger partial charge >= 0.3 is 0 Å². The molecule has 0 unspecified atom stereocenters. The summed E-state index contributed by atoms with van der Waals surface area (Å²) >= 11 is 0.830. The first-order valence-electron chi connectivity index (χ1n) is 10.7. The predicted molar refractivity (Wildman–Crippen MR) is 128 cm³/mol. The molecule has 0 spiro atoms. The lowest BCUT2D eigenvalue weighted by Crippen LogP contribution is -2.38. The molecule has 4 rings (SSSR count). The van der Waals surface area contributed by atoms with E-state index in [0.29, 0.717) is 25.5 Å². The van der Waals surface area contributed by atoms with Crippen molar-refractivity contribution in [3.63, 3.8) is 0 Å². The number of carbonyl (C=O) groups is 3. The van der Waals surface area contributed by atoms with Crippen LogP contribution in [-0.2, 0) is 14.3 Å². The number of para-hydroxylation sites is 2. The van der Waals surface area contributed by atoms with Crippen molar-refractivity contribution < 1.29 is 23.9 Å². The Morgan fingerprint density at radius 3 is 2.58 bits per heavy atom. The smallest absolute Gasteiger partial charge is 0.294 e. The van der Waals surface area contributed by atoms with Gasteiger partial charge in [-0.2, -0.15) is 0 Å². The van der Waals surface area contributed by atoms with E-state index >= 15 is 0 Å². The Morgan fingerprint density at radius 2 is 1.85 bits per heavy atom. The van der Waals surface area contributed by atoms with Crippen molar-refractivity contribution in [3.8, 4) is 5.75 Å². The minimum absolute atomic E-state index is 0.283. The Bertz CT molecular complexity index is 1060. The zero-order valence-electron chi connectivity index (χ0n) is 18.3. The van der Waals surface area contributed by atoms with Crippen LogP contribution in [0.25, 0.3) is 6.08 Å². The number of amides is 3. The van der Waals surface area contributed by atoms with E-state index in [2.05, 4.69) is 10.2 Å². The number of nitrogens with one attached hydrogen (secondary N) is 1. The lowest BCUT2D eigenvalue weighted by atomic mass is 10.2. The summed E-state index contributed by atoms with van der Waals surface area (Å²) in [6, 6.07) is 14.7. The van der Waals surface area contributed by atoms with Crippen LogP contribution < -0.4 is 15.0 Å². The summed E-state index contributed by atoms with van der Waals surface area (Å²) < 4.78 is 10.8. The van der Waals surface area contributed by atoms with Crippen molar-refractivity contribution in [2.24, 2.45) is 0 Å². The van der Waals surface area contributed by atoms with Gasteiger partial charge in [0.2, 0.25) is 5.91 Å². The van der Waals surface area contributed by atoms with Crippen LogP contribution in [0.3, 0.4) is 0 Å². The van der Waals surface area contributed by atoms with Crippen molar-refractivity contribution in [2.75, 3.05) is 49.7 Å². The number of carbonyl (C=O) groups excluding carboxylic acids is 3. The summed E-state index contributed by atoms with van der Waals surface area (Å²) in [4.78, 5) is 41.3. The molecule has 2 aliphatic rings. The fourth-order valence-corrected chi connectivity index (χ4v) is 4.45.